The van der Waals surface area contributed by atoms with Crippen LogP contribution in [0, 0.1) is 6.92 Å². The van der Waals surface area contributed by atoms with E-state index in [0.29, 0.717) is 0 Å². The van der Waals surface area contributed by atoms with Gasteiger partial charge in [-0.15, -0.1) is 0 Å². The minimum atomic E-state index is -0.0622. The van der Waals surface area contributed by atoms with E-state index in [1.165, 1.54) is 83.3 Å². The summed E-state index contributed by atoms with van der Waals surface area (Å²) in [5.41, 5.74) is 18.2. The lowest BCUT2D eigenvalue weighted by Crippen LogP contribution is -2.16. The Balaban J connectivity index is 1.12. The van der Waals surface area contributed by atoms with E-state index in [1.54, 1.807) is 0 Å². The second-order valence-electron chi connectivity index (χ2n) is 14.7. The van der Waals surface area contributed by atoms with Gasteiger partial charge in [0.2, 0.25) is 0 Å². The summed E-state index contributed by atoms with van der Waals surface area (Å²) in [6, 6.07) is 54.3. The number of aryl methyl sites for hydroxylation is 1. The maximum atomic E-state index is 2.42. The van der Waals surface area contributed by atoms with Crippen LogP contribution in [0.1, 0.15) is 55.5 Å². The zero-order valence-corrected chi connectivity index (χ0v) is 28.3. The normalized spacial score (nSPS) is 14.7. The average Bonchev–Trinajstić information content (AvgIpc) is 3.47. The second-order valence-corrected chi connectivity index (χ2v) is 14.7. The predicted octanol–water partition coefficient (Wildman–Crippen LogP) is 12.9. The summed E-state index contributed by atoms with van der Waals surface area (Å²) < 4.78 is 0. The third-order valence-electron chi connectivity index (χ3n) is 11.2. The molecule has 232 valence electrons. The topological polar surface area (TPSA) is 3.24 Å². The fourth-order valence-electron chi connectivity index (χ4n) is 8.48. The van der Waals surface area contributed by atoms with Gasteiger partial charge in [0.25, 0.3) is 0 Å². The van der Waals surface area contributed by atoms with Crippen LogP contribution in [0.2, 0.25) is 0 Å². The molecule has 2 aliphatic carbocycles. The van der Waals surface area contributed by atoms with Crippen molar-refractivity contribution in [3.8, 4) is 33.4 Å². The van der Waals surface area contributed by atoms with Crippen LogP contribution in [-0.2, 0) is 10.8 Å². The van der Waals surface area contributed by atoms with Crippen LogP contribution in [0.15, 0.2) is 146 Å². The van der Waals surface area contributed by atoms with Gasteiger partial charge in [0.05, 0.1) is 0 Å². The van der Waals surface area contributed by atoms with Gasteiger partial charge >= 0.3 is 0 Å². The molecule has 1 nitrogen and oxygen atoms in total. The molecule has 0 amide bonds. The Bertz CT molecular complexity index is 2410. The summed E-state index contributed by atoms with van der Waals surface area (Å²) >= 11 is 0. The number of hydrogen-bond acceptors (Lipinski definition) is 1. The number of rotatable bonds is 4. The first-order valence-electron chi connectivity index (χ1n) is 17.1. The van der Waals surface area contributed by atoms with Gasteiger partial charge in [-0.2, -0.15) is 0 Å². The standard InChI is InChI=1S/C47H39N/c1-30-12-6-11-17-45(30)48(36-23-25-38-37-15-9-10-16-41(37)46(2,3)44(38)29-36)35-21-18-31(19-22-35)34-20-24-39-40-26-32-13-7-8-14-33(32)27-43(40)47(4,5)42(39)28-34/h6-29H,1-5H3. The van der Waals surface area contributed by atoms with Crippen LogP contribution in [0.4, 0.5) is 17.1 Å². The van der Waals surface area contributed by atoms with E-state index < -0.39 is 0 Å². The molecule has 0 fully saturated rings. The molecule has 48 heavy (non-hydrogen) atoms. The largest absolute Gasteiger partial charge is 0.310 e. The average molecular weight is 618 g/mol. The van der Waals surface area contributed by atoms with Gasteiger partial charge in [0.15, 0.2) is 0 Å². The SMILES string of the molecule is Cc1ccccc1N(c1ccc(-c2ccc3c(c2)C(C)(C)c2cc4ccccc4cc2-3)cc1)c1ccc2c(c1)C(C)(C)c1ccccc1-2. The summed E-state index contributed by atoms with van der Waals surface area (Å²) in [6.07, 6.45) is 0. The molecule has 0 spiro atoms. The smallest absolute Gasteiger partial charge is 0.0490 e. The lowest BCUT2D eigenvalue weighted by molar-refractivity contribution is 0.660. The summed E-state index contributed by atoms with van der Waals surface area (Å²) in [7, 11) is 0. The highest BCUT2D eigenvalue weighted by atomic mass is 15.1. The molecule has 0 N–H and O–H groups in total. The van der Waals surface area contributed by atoms with E-state index in [-0.39, 0.29) is 10.8 Å². The molecule has 7 aromatic carbocycles. The van der Waals surface area contributed by atoms with Crippen molar-refractivity contribution in [2.24, 2.45) is 0 Å². The molecule has 0 saturated heterocycles. The molecule has 0 bridgehead atoms. The zero-order valence-electron chi connectivity index (χ0n) is 28.3. The Morgan fingerprint density at radius 2 is 0.938 bits per heavy atom. The predicted molar refractivity (Wildman–Crippen MR) is 204 cm³/mol. The molecule has 1 heteroatoms. The Morgan fingerprint density at radius 3 is 1.73 bits per heavy atom. The first kappa shape index (κ1) is 28.8. The zero-order chi connectivity index (χ0) is 32.8. The fourth-order valence-corrected chi connectivity index (χ4v) is 8.48. The fraction of sp³-hybridized carbons (Fsp3) is 0.149. The quantitative estimate of drug-likeness (QED) is 0.190. The van der Waals surface area contributed by atoms with Crippen molar-refractivity contribution >= 4 is 27.8 Å². The summed E-state index contributed by atoms with van der Waals surface area (Å²) in [5.74, 6) is 0. The Morgan fingerprint density at radius 1 is 0.396 bits per heavy atom. The van der Waals surface area contributed by atoms with Crippen molar-refractivity contribution in [3.05, 3.63) is 173 Å². The summed E-state index contributed by atoms with van der Waals surface area (Å²) in [5, 5.41) is 2.61. The molecule has 0 radical (unpaired) electrons. The summed E-state index contributed by atoms with van der Waals surface area (Å²) in [6.45, 7) is 11.7. The lowest BCUT2D eigenvalue weighted by Gasteiger charge is -2.29. The van der Waals surface area contributed by atoms with Crippen LogP contribution in [0.25, 0.3) is 44.2 Å². The van der Waals surface area contributed by atoms with Crippen molar-refractivity contribution < 1.29 is 0 Å². The van der Waals surface area contributed by atoms with Crippen molar-refractivity contribution in [1.29, 1.82) is 0 Å². The molecule has 9 rings (SSSR count). The van der Waals surface area contributed by atoms with Crippen LogP contribution < -0.4 is 4.90 Å². The van der Waals surface area contributed by atoms with E-state index in [9.17, 15) is 0 Å². The molecule has 0 unspecified atom stereocenters. The Hall–Kier alpha value is -5.40. The van der Waals surface area contributed by atoms with Gasteiger partial charge in [-0.1, -0.05) is 125 Å². The van der Waals surface area contributed by atoms with Gasteiger partial charge in [0, 0.05) is 27.9 Å². The van der Waals surface area contributed by atoms with Crippen molar-refractivity contribution in [1.82, 2.24) is 0 Å². The second kappa shape index (κ2) is 10.3. The molecule has 2 aliphatic rings. The Kier molecular flexibility index (Phi) is 6.18. The highest BCUT2D eigenvalue weighted by Crippen LogP contribution is 2.52. The van der Waals surface area contributed by atoms with Crippen molar-refractivity contribution in [3.63, 3.8) is 0 Å². The number of hydrogen-bond donors (Lipinski definition) is 0. The van der Waals surface area contributed by atoms with E-state index in [4.69, 9.17) is 0 Å². The van der Waals surface area contributed by atoms with Gasteiger partial charge in [-0.3, -0.25) is 0 Å². The highest BCUT2D eigenvalue weighted by Gasteiger charge is 2.37. The van der Waals surface area contributed by atoms with Crippen molar-refractivity contribution in [2.75, 3.05) is 4.90 Å². The van der Waals surface area contributed by atoms with Crippen LogP contribution in [0.5, 0.6) is 0 Å². The third kappa shape index (κ3) is 4.17. The molecule has 0 heterocycles. The third-order valence-corrected chi connectivity index (χ3v) is 11.2. The lowest BCUT2D eigenvalue weighted by atomic mass is 9.81. The number of nitrogens with zero attached hydrogens (tertiary/aromatic N) is 1. The Labute approximate surface area is 284 Å². The number of para-hydroxylation sites is 1. The number of benzene rings is 7. The van der Waals surface area contributed by atoms with E-state index in [0.717, 1.165) is 5.69 Å². The monoisotopic (exact) mass is 617 g/mol. The molecular weight excluding hydrogens is 579 g/mol. The molecule has 0 saturated carbocycles. The van der Waals surface area contributed by atoms with E-state index in [2.05, 4.69) is 185 Å². The van der Waals surface area contributed by atoms with E-state index in [1.807, 2.05) is 0 Å². The van der Waals surface area contributed by atoms with Crippen LogP contribution in [0.3, 0.4) is 0 Å². The number of anilines is 3. The highest BCUT2D eigenvalue weighted by molar-refractivity contribution is 5.94. The maximum Gasteiger partial charge on any atom is 0.0490 e. The molecule has 0 aliphatic heterocycles. The first-order valence-corrected chi connectivity index (χ1v) is 17.1. The van der Waals surface area contributed by atoms with Crippen LogP contribution >= 0.6 is 0 Å². The minimum absolute atomic E-state index is 0.0586. The van der Waals surface area contributed by atoms with Crippen LogP contribution in [-0.4, -0.2) is 0 Å². The van der Waals surface area contributed by atoms with Gasteiger partial charge in [-0.25, -0.2) is 0 Å². The van der Waals surface area contributed by atoms with Gasteiger partial charge in [0.1, 0.15) is 0 Å². The number of fused-ring (bicyclic) bond motifs is 7. The maximum absolute atomic E-state index is 2.42. The molecule has 0 atom stereocenters. The minimum Gasteiger partial charge on any atom is -0.310 e. The van der Waals surface area contributed by atoms with Crippen molar-refractivity contribution in [2.45, 2.75) is 45.4 Å². The van der Waals surface area contributed by atoms with Gasteiger partial charge in [-0.05, 0) is 127 Å². The molecular formula is C47H39N. The first-order chi connectivity index (χ1) is 23.2. The summed E-state index contributed by atoms with van der Waals surface area (Å²) in [4.78, 5) is 2.42. The molecule has 7 aromatic rings. The van der Waals surface area contributed by atoms with Gasteiger partial charge < -0.3 is 4.90 Å². The molecule has 0 aromatic heterocycles. The van der Waals surface area contributed by atoms with E-state index >= 15 is 0 Å².